The Kier molecular flexibility index (Phi) is 6.41. The monoisotopic (exact) mass is 494 g/mol. The highest BCUT2D eigenvalue weighted by atomic mass is 32.1. The number of halogens is 3. The highest BCUT2D eigenvalue weighted by Gasteiger charge is 2.39. The topological polar surface area (TPSA) is 78.3 Å². The number of thiazole rings is 1. The predicted molar refractivity (Wildman–Crippen MR) is 121 cm³/mol. The average Bonchev–Trinajstić information content (AvgIpc) is 3.52. The van der Waals surface area contributed by atoms with Gasteiger partial charge in [0.1, 0.15) is 10.6 Å². The summed E-state index contributed by atoms with van der Waals surface area (Å²) >= 11 is 1.49. The molecule has 0 aromatic carbocycles. The van der Waals surface area contributed by atoms with E-state index in [1.807, 2.05) is 5.38 Å². The van der Waals surface area contributed by atoms with Crippen molar-refractivity contribution in [2.45, 2.75) is 81.8 Å². The van der Waals surface area contributed by atoms with Crippen LogP contribution in [0.3, 0.4) is 0 Å². The Labute approximate surface area is 200 Å². The van der Waals surface area contributed by atoms with E-state index in [0.29, 0.717) is 43.1 Å². The standard InChI is InChI=1S/C24H29F3N4O2S/c25-24(26,27)17-11-16-14-31(9-5-20(16)29-13-17)21(32)15-1-2-19(12-15)30-18-3-6-23(33,7-4-18)22-28-8-10-34-22/h8,10-11,13,15,18-19,30,33H,1-7,9,12,14H2. The average molecular weight is 495 g/mol. The number of pyridine rings is 1. The minimum atomic E-state index is -4.44. The second-order valence-corrected chi connectivity index (χ2v) is 10.7. The molecule has 0 radical (unpaired) electrons. The normalized spacial score (nSPS) is 29.8. The largest absolute Gasteiger partial charge is 0.417 e. The van der Waals surface area contributed by atoms with Gasteiger partial charge in [0.25, 0.3) is 0 Å². The highest BCUT2D eigenvalue weighted by Crippen LogP contribution is 2.39. The van der Waals surface area contributed by atoms with Crippen molar-refractivity contribution < 1.29 is 23.1 Å². The third-order valence-electron chi connectivity index (χ3n) is 7.58. The molecular weight excluding hydrogens is 465 g/mol. The molecule has 1 amide bonds. The fourth-order valence-corrected chi connectivity index (χ4v) is 6.44. The second kappa shape index (κ2) is 9.20. The smallest absolute Gasteiger partial charge is 0.383 e. The first-order valence-corrected chi connectivity index (χ1v) is 12.8. The van der Waals surface area contributed by atoms with Crippen LogP contribution in [0.15, 0.2) is 23.8 Å². The Morgan fingerprint density at radius 1 is 1.18 bits per heavy atom. The molecule has 5 rings (SSSR count). The summed E-state index contributed by atoms with van der Waals surface area (Å²) in [6.45, 7) is 0.689. The van der Waals surface area contributed by atoms with Crippen LogP contribution >= 0.6 is 11.3 Å². The van der Waals surface area contributed by atoms with Crippen LogP contribution in [-0.2, 0) is 29.5 Å². The second-order valence-electron chi connectivity index (χ2n) is 9.85. The van der Waals surface area contributed by atoms with E-state index >= 15 is 0 Å². The quantitative estimate of drug-likeness (QED) is 0.671. The number of aliphatic hydroxyl groups is 1. The van der Waals surface area contributed by atoms with E-state index in [9.17, 15) is 23.1 Å². The van der Waals surface area contributed by atoms with Gasteiger partial charge in [-0.3, -0.25) is 9.78 Å². The number of alkyl halides is 3. The van der Waals surface area contributed by atoms with Crippen LogP contribution in [0.1, 0.15) is 66.8 Å². The molecule has 2 atom stereocenters. The van der Waals surface area contributed by atoms with Crippen molar-refractivity contribution in [1.29, 1.82) is 0 Å². The summed E-state index contributed by atoms with van der Waals surface area (Å²) in [6, 6.07) is 1.70. The SMILES string of the molecule is O=C(C1CCC(NC2CCC(O)(c3nccs3)CC2)C1)N1CCc2ncc(C(F)(F)F)cc2C1. The maximum absolute atomic E-state index is 13.2. The molecule has 2 aliphatic carbocycles. The molecule has 3 aliphatic rings. The van der Waals surface area contributed by atoms with E-state index in [-0.39, 0.29) is 24.4 Å². The summed E-state index contributed by atoms with van der Waals surface area (Å²) in [6.07, 6.45) is 4.18. The van der Waals surface area contributed by atoms with Crippen LogP contribution in [0.2, 0.25) is 0 Å². The molecule has 0 bridgehead atoms. The van der Waals surface area contributed by atoms with Crippen molar-refractivity contribution in [1.82, 2.24) is 20.2 Å². The van der Waals surface area contributed by atoms with Crippen molar-refractivity contribution in [2.24, 2.45) is 5.92 Å². The number of fused-ring (bicyclic) bond motifs is 1. The summed E-state index contributed by atoms with van der Waals surface area (Å²) in [7, 11) is 0. The molecule has 2 aromatic heterocycles. The predicted octanol–water partition coefficient (Wildman–Crippen LogP) is 4.03. The van der Waals surface area contributed by atoms with Crippen LogP contribution in [0.25, 0.3) is 0 Å². The van der Waals surface area contributed by atoms with Crippen LogP contribution < -0.4 is 5.32 Å². The third kappa shape index (κ3) is 4.85. The van der Waals surface area contributed by atoms with E-state index < -0.39 is 17.3 Å². The van der Waals surface area contributed by atoms with Gasteiger partial charge in [0, 0.05) is 61.0 Å². The molecule has 3 heterocycles. The molecule has 2 saturated carbocycles. The lowest BCUT2D eigenvalue weighted by atomic mass is 9.82. The number of carbonyl (C=O) groups is 1. The van der Waals surface area contributed by atoms with Crippen molar-refractivity contribution in [2.75, 3.05) is 6.54 Å². The summed E-state index contributed by atoms with van der Waals surface area (Å²) in [5, 5.41) is 17.3. The Balaban J connectivity index is 1.13. The molecule has 2 N–H and O–H groups in total. The summed E-state index contributed by atoms with van der Waals surface area (Å²) in [5.74, 6) is -0.0669. The molecule has 10 heteroatoms. The maximum atomic E-state index is 13.2. The lowest BCUT2D eigenvalue weighted by Crippen LogP contribution is -2.44. The molecule has 1 aliphatic heterocycles. The van der Waals surface area contributed by atoms with Gasteiger partial charge in [0.05, 0.1) is 5.56 Å². The van der Waals surface area contributed by atoms with Crippen molar-refractivity contribution in [3.05, 3.63) is 45.7 Å². The molecule has 184 valence electrons. The van der Waals surface area contributed by atoms with E-state index in [2.05, 4.69) is 15.3 Å². The van der Waals surface area contributed by atoms with Crippen molar-refractivity contribution >= 4 is 17.2 Å². The minimum absolute atomic E-state index is 0.0363. The van der Waals surface area contributed by atoms with Gasteiger partial charge in [-0.05, 0) is 56.6 Å². The Bertz CT molecular complexity index is 1020. The zero-order valence-electron chi connectivity index (χ0n) is 18.9. The van der Waals surface area contributed by atoms with Gasteiger partial charge in [-0.25, -0.2) is 4.98 Å². The first kappa shape index (κ1) is 23.7. The van der Waals surface area contributed by atoms with Crippen molar-refractivity contribution in [3.8, 4) is 0 Å². The molecule has 2 aromatic rings. The number of nitrogens with one attached hydrogen (secondary N) is 1. The Morgan fingerprint density at radius 2 is 1.97 bits per heavy atom. The molecule has 34 heavy (non-hydrogen) atoms. The van der Waals surface area contributed by atoms with Gasteiger partial charge in [0.2, 0.25) is 5.91 Å². The van der Waals surface area contributed by atoms with Gasteiger partial charge in [-0.2, -0.15) is 13.2 Å². The van der Waals surface area contributed by atoms with Crippen LogP contribution in [0.5, 0.6) is 0 Å². The molecule has 6 nitrogen and oxygen atoms in total. The number of aromatic nitrogens is 2. The number of amides is 1. The van der Waals surface area contributed by atoms with Crippen LogP contribution in [0, 0.1) is 5.92 Å². The molecule has 0 spiro atoms. The minimum Gasteiger partial charge on any atom is -0.383 e. The van der Waals surface area contributed by atoms with Gasteiger partial charge < -0.3 is 15.3 Å². The van der Waals surface area contributed by atoms with Crippen molar-refractivity contribution in [3.63, 3.8) is 0 Å². The maximum Gasteiger partial charge on any atom is 0.417 e. The van der Waals surface area contributed by atoms with E-state index in [4.69, 9.17) is 0 Å². The molecule has 2 fully saturated rings. The summed E-state index contributed by atoms with van der Waals surface area (Å²) < 4.78 is 39.2. The lowest BCUT2D eigenvalue weighted by Gasteiger charge is -2.36. The number of rotatable bonds is 4. The first-order valence-electron chi connectivity index (χ1n) is 11.9. The third-order valence-corrected chi connectivity index (χ3v) is 8.54. The zero-order valence-corrected chi connectivity index (χ0v) is 19.7. The van der Waals surface area contributed by atoms with E-state index in [1.54, 1.807) is 11.1 Å². The highest BCUT2D eigenvalue weighted by molar-refractivity contribution is 7.09. The Hall–Kier alpha value is -2.04. The summed E-state index contributed by atoms with van der Waals surface area (Å²) in [4.78, 5) is 23.1. The number of nitrogens with zero attached hydrogens (tertiary/aromatic N) is 3. The molecular formula is C24H29F3N4O2S. The molecule has 0 saturated heterocycles. The number of hydrogen-bond donors (Lipinski definition) is 2. The Morgan fingerprint density at radius 3 is 2.68 bits per heavy atom. The zero-order chi connectivity index (χ0) is 23.9. The fourth-order valence-electron chi connectivity index (χ4n) is 5.65. The van der Waals surface area contributed by atoms with Gasteiger partial charge in [0.15, 0.2) is 0 Å². The van der Waals surface area contributed by atoms with Gasteiger partial charge in [-0.15, -0.1) is 11.3 Å². The first-order chi connectivity index (χ1) is 16.2. The number of hydrogen-bond acceptors (Lipinski definition) is 6. The lowest BCUT2D eigenvalue weighted by molar-refractivity contribution is -0.137. The van der Waals surface area contributed by atoms with Crippen LogP contribution in [-0.4, -0.2) is 44.5 Å². The van der Waals surface area contributed by atoms with E-state index in [0.717, 1.165) is 49.4 Å². The summed E-state index contributed by atoms with van der Waals surface area (Å²) in [5.41, 5.74) is -0.443. The van der Waals surface area contributed by atoms with E-state index in [1.165, 1.54) is 11.3 Å². The fraction of sp³-hybridized carbons (Fsp3) is 0.625. The molecule has 2 unspecified atom stereocenters. The van der Waals surface area contributed by atoms with Gasteiger partial charge >= 0.3 is 6.18 Å². The van der Waals surface area contributed by atoms with Crippen LogP contribution in [0.4, 0.5) is 13.2 Å². The number of carbonyl (C=O) groups excluding carboxylic acids is 1. The van der Waals surface area contributed by atoms with Gasteiger partial charge in [-0.1, -0.05) is 0 Å².